The van der Waals surface area contributed by atoms with Crippen LogP contribution in [0.3, 0.4) is 0 Å². The van der Waals surface area contributed by atoms with Crippen LogP contribution < -0.4 is 4.90 Å². The summed E-state index contributed by atoms with van der Waals surface area (Å²) in [7, 11) is 4.09. The zero-order valence-electron chi connectivity index (χ0n) is 14.1. The largest absolute Gasteiger partial charge is 0.463 e. The molecule has 2 atom stereocenters. The Morgan fingerprint density at radius 3 is 2.87 bits per heavy atom. The van der Waals surface area contributed by atoms with Crippen molar-refractivity contribution in [1.82, 2.24) is 4.90 Å². The van der Waals surface area contributed by atoms with Crippen LogP contribution in [0.2, 0.25) is 0 Å². The summed E-state index contributed by atoms with van der Waals surface area (Å²) in [6, 6.07) is 6.38. The summed E-state index contributed by atoms with van der Waals surface area (Å²) in [5, 5.41) is 0. The Kier molecular flexibility index (Phi) is 4.17. The first-order chi connectivity index (χ1) is 10.9. The fourth-order valence-corrected chi connectivity index (χ4v) is 4.33. The van der Waals surface area contributed by atoms with Crippen LogP contribution in [0.25, 0.3) is 0 Å². The number of likely N-dealkylation sites (N-methyl/N-ethyl adjacent to an activating group) is 1. The van der Waals surface area contributed by atoms with Crippen molar-refractivity contribution in [2.24, 2.45) is 0 Å². The van der Waals surface area contributed by atoms with E-state index >= 15 is 0 Å². The number of carbonyl (C=O) groups excluding carboxylic acids is 1. The Bertz CT molecular complexity index is 673. The van der Waals surface area contributed by atoms with Gasteiger partial charge >= 0.3 is 5.97 Å². The van der Waals surface area contributed by atoms with Gasteiger partial charge in [0.1, 0.15) is 0 Å². The average molecular weight is 379 g/mol. The molecule has 0 saturated heterocycles. The van der Waals surface area contributed by atoms with E-state index in [-0.39, 0.29) is 17.4 Å². The molecule has 0 aliphatic carbocycles. The number of esters is 1. The Hall–Kier alpha value is -1.49. The third kappa shape index (κ3) is 2.55. The van der Waals surface area contributed by atoms with Gasteiger partial charge in [0, 0.05) is 42.4 Å². The minimum Gasteiger partial charge on any atom is -0.463 e. The van der Waals surface area contributed by atoms with Crippen LogP contribution in [0.1, 0.15) is 25.8 Å². The normalized spacial score (nSPS) is 26.3. The molecule has 2 aliphatic heterocycles. The zero-order chi connectivity index (χ0) is 16.8. The quantitative estimate of drug-likeness (QED) is 0.739. The number of benzene rings is 1. The number of halogens is 1. The minimum atomic E-state index is -0.212. The van der Waals surface area contributed by atoms with E-state index in [0.29, 0.717) is 6.61 Å². The number of fused-ring (bicyclic) bond motifs is 3. The van der Waals surface area contributed by atoms with E-state index in [9.17, 15) is 4.79 Å². The van der Waals surface area contributed by atoms with E-state index < -0.39 is 0 Å². The van der Waals surface area contributed by atoms with Gasteiger partial charge in [0.2, 0.25) is 0 Å². The van der Waals surface area contributed by atoms with E-state index in [1.165, 1.54) is 11.3 Å². The van der Waals surface area contributed by atoms with Gasteiger partial charge < -0.3 is 14.5 Å². The molecule has 4 nitrogen and oxygen atoms in total. The summed E-state index contributed by atoms with van der Waals surface area (Å²) in [5.41, 5.74) is 3.12. The van der Waals surface area contributed by atoms with Crippen molar-refractivity contribution in [1.29, 1.82) is 0 Å². The van der Waals surface area contributed by atoms with E-state index in [1.54, 1.807) is 0 Å². The lowest BCUT2D eigenvalue weighted by molar-refractivity contribution is -0.139. The maximum atomic E-state index is 12.6. The Morgan fingerprint density at radius 1 is 1.43 bits per heavy atom. The van der Waals surface area contributed by atoms with Crippen LogP contribution in [0.4, 0.5) is 5.69 Å². The van der Waals surface area contributed by atoms with Crippen LogP contribution in [0, 0.1) is 0 Å². The molecule has 0 N–H and O–H groups in total. The van der Waals surface area contributed by atoms with E-state index in [0.717, 1.165) is 23.0 Å². The molecule has 124 valence electrons. The molecule has 3 rings (SSSR count). The van der Waals surface area contributed by atoms with Crippen LogP contribution in [-0.4, -0.2) is 44.2 Å². The van der Waals surface area contributed by atoms with Gasteiger partial charge in [0.25, 0.3) is 0 Å². The second-order valence-corrected chi connectivity index (χ2v) is 7.54. The van der Waals surface area contributed by atoms with Gasteiger partial charge in [-0.1, -0.05) is 22.9 Å². The Morgan fingerprint density at radius 2 is 2.17 bits per heavy atom. The third-order valence-corrected chi connectivity index (χ3v) is 5.59. The van der Waals surface area contributed by atoms with Crippen molar-refractivity contribution in [3.63, 3.8) is 0 Å². The molecule has 0 unspecified atom stereocenters. The van der Waals surface area contributed by atoms with Crippen LogP contribution in [0.5, 0.6) is 0 Å². The van der Waals surface area contributed by atoms with Gasteiger partial charge in [-0.3, -0.25) is 0 Å². The number of anilines is 1. The molecule has 2 heterocycles. The molecule has 0 amide bonds. The minimum absolute atomic E-state index is 0.00389. The highest BCUT2D eigenvalue weighted by Crippen LogP contribution is 2.50. The summed E-state index contributed by atoms with van der Waals surface area (Å²) < 4.78 is 6.41. The van der Waals surface area contributed by atoms with Gasteiger partial charge in [-0.15, -0.1) is 0 Å². The second-order valence-electron chi connectivity index (χ2n) is 6.63. The SMILES string of the molecule is CCOC(=O)C1=CN(C)CC[C@@]2(C)c3cc(Br)ccc3N(C)[C@@H]12. The second kappa shape index (κ2) is 5.86. The number of ether oxygens (including phenoxy) is 1. The fourth-order valence-electron chi connectivity index (χ4n) is 3.97. The molecule has 1 aromatic rings. The van der Waals surface area contributed by atoms with Crippen LogP contribution in [0.15, 0.2) is 34.4 Å². The van der Waals surface area contributed by atoms with Gasteiger partial charge in [-0.25, -0.2) is 4.79 Å². The molecule has 1 aromatic carbocycles. The molecular formula is C18H23BrN2O2. The highest BCUT2D eigenvalue weighted by atomic mass is 79.9. The first-order valence-corrected chi connectivity index (χ1v) is 8.79. The molecule has 0 bridgehead atoms. The van der Waals surface area contributed by atoms with Crippen LogP contribution >= 0.6 is 15.9 Å². The van der Waals surface area contributed by atoms with E-state index in [4.69, 9.17) is 4.74 Å². The van der Waals surface area contributed by atoms with E-state index in [1.807, 2.05) is 20.2 Å². The lowest BCUT2D eigenvalue weighted by Gasteiger charge is -2.34. The zero-order valence-corrected chi connectivity index (χ0v) is 15.7. The van der Waals surface area contributed by atoms with Crippen molar-refractivity contribution in [2.75, 3.05) is 32.1 Å². The summed E-state index contributed by atoms with van der Waals surface area (Å²) in [6.45, 7) is 5.42. The molecule has 5 heteroatoms. The number of rotatable bonds is 2. The van der Waals surface area contributed by atoms with Gasteiger partial charge in [-0.05, 0) is 37.1 Å². The van der Waals surface area contributed by atoms with Gasteiger partial charge in [0.15, 0.2) is 0 Å². The standard InChI is InChI=1S/C18H23BrN2O2/c1-5-23-17(22)13-11-20(3)9-8-18(2)14-10-12(19)6-7-15(14)21(4)16(13)18/h6-7,10-11,16H,5,8-9H2,1-4H3/t16-,18-/m0/s1. The van der Waals surface area contributed by atoms with Crippen molar-refractivity contribution >= 4 is 27.6 Å². The number of hydrogen-bond donors (Lipinski definition) is 0. The molecule has 23 heavy (non-hydrogen) atoms. The predicted octanol–water partition coefficient (Wildman–Crippen LogP) is 3.31. The van der Waals surface area contributed by atoms with Crippen molar-refractivity contribution in [2.45, 2.75) is 31.7 Å². The summed E-state index contributed by atoms with van der Waals surface area (Å²) in [4.78, 5) is 16.9. The predicted molar refractivity (Wildman–Crippen MR) is 95.6 cm³/mol. The summed E-state index contributed by atoms with van der Waals surface area (Å²) in [6.07, 6.45) is 2.95. The number of carbonyl (C=O) groups is 1. The molecule has 0 saturated carbocycles. The molecule has 0 radical (unpaired) electrons. The average Bonchev–Trinajstić information content (AvgIpc) is 2.63. The first-order valence-electron chi connectivity index (χ1n) is 8.00. The topological polar surface area (TPSA) is 32.8 Å². The van der Waals surface area contributed by atoms with Crippen molar-refractivity contribution in [3.05, 3.63) is 40.0 Å². The summed E-state index contributed by atoms with van der Waals surface area (Å²) in [5.74, 6) is -0.212. The number of hydrogen-bond acceptors (Lipinski definition) is 4. The lowest BCUT2D eigenvalue weighted by atomic mass is 9.73. The molecule has 0 spiro atoms. The monoisotopic (exact) mass is 378 g/mol. The van der Waals surface area contributed by atoms with Crippen molar-refractivity contribution in [3.8, 4) is 0 Å². The molecular weight excluding hydrogens is 356 g/mol. The maximum Gasteiger partial charge on any atom is 0.337 e. The summed E-state index contributed by atoms with van der Waals surface area (Å²) >= 11 is 3.59. The Balaban J connectivity index is 2.14. The third-order valence-electron chi connectivity index (χ3n) is 5.09. The van der Waals surface area contributed by atoms with Gasteiger partial charge in [0.05, 0.1) is 18.2 Å². The lowest BCUT2D eigenvalue weighted by Crippen LogP contribution is -2.44. The maximum absolute atomic E-state index is 12.6. The molecule has 0 fully saturated rings. The fraction of sp³-hybridized carbons (Fsp3) is 0.500. The van der Waals surface area contributed by atoms with Gasteiger partial charge in [-0.2, -0.15) is 0 Å². The molecule has 0 aromatic heterocycles. The highest BCUT2D eigenvalue weighted by Gasteiger charge is 2.50. The Labute approximate surface area is 146 Å². The van der Waals surface area contributed by atoms with Crippen molar-refractivity contribution < 1.29 is 9.53 Å². The highest BCUT2D eigenvalue weighted by molar-refractivity contribution is 9.10. The number of nitrogens with zero attached hydrogens (tertiary/aromatic N) is 2. The first kappa shape index (κ1) is 16.4. The van der Waals surface area contributed by atoms with E-state index in [2.05, 4.69) is 57.9 Å². The smallest absolute Gasteiger partial charge is 0.337 e. The molecule has 2 aliphatic rings. The van der Waals surface area contributed by atoms with Crippen LogP contribution in [-0.2, 0) is 14.9 Å².